The van der Waals surface area contributed by atoms with Crippen molar-refractivity contribution in [2.45, 2.75) is 166 Å². The molecule has 81 heavy (non-hydrogen) atoms. The average Bonchev–Trinajstić information content (AvgIpc) is 4.01. The largest absolute Gasteiger partial charge is 0.480 e. The summed E-state index contributed by atoms with van der Waals surface area (Å²) in [5.41, 5.74) is 45.3. The number of unbranched alkanes of at least 4 members (excludes halogenated alkanes) is 1. The number of carbonyl (C=O) groups is 9. The summed E-state index contributed by atoms with van der Waals surface area (Å²) in [5.74, 6) is -8.36. The van der Waals surface area contributed by atoms with Crippen LogP contribution in [0, 0.1) is 11.8 Å². The quantitative estimate of drug-likeness (QED) is 0.0171. The lowest BCUT2D eigenvalue weighted by Gasteiger charge is -2.32. The van der Waals surface area contributed by atoms with Crippen molar-refractivity contribution in [3.8, 4) is 0 Å². The van der Waals surface area contributed by atoms with Gasteiger partial charge in [0.15, 0.2) is 17.9 Å². The predicted molar refractivity (Wildman–Crippen MR) is 307 cm³/mol. The van der Waals surface area contributed by atoms with E-state index in [9.17, 15) is 48.3 Å². The fraction of sp³-hybridized carbons (Fsp3) is 0.654. The summed E-state index contributed by atoms with van der Waals surface area (Å²) in [6.45, 7) is 7.37. The first-order valence-electron chi connectivity index (χ1n) is 27.7. The summed E-state index contributed by atoms with van der Waals surface area (Å²) in [4.78, 5) is 138. The van der Waals surface area contributed by atoms with Crippen molar-refractivity contribution >= 4 is 71.1 Å². The number of hydrogen-bond acceptors (Lipinski definition) is 14. The Bertz CT molecular complexity index is 2290. The molecule has 1 fully saturated rings. The zero-order valence-corrected chi connectivity index (χ0v) is 47.3. The number of aliphatic imine (C=N–C) groups is 3. The molecule has 8 amide bonds. The summed E-state index contributed by atoms with van der Waals surface area (Å²) >= 11 is 0. The topological polar surface area (TPSA) is 507 Å². The van der Waals surface area contributed by atoms with Gasteiger partial charge in [-0.3, -0.25) is 53.3 Å². The van der Waals surface area contributed by atoms with E-state index < -0.39 is 114 Å². The second-order valence-electron chi connectivity index (χ2n) is 20.5. The average molecular weight is 1140 g/mol. The summed E-state index contributed by atoms with van der Waals surface area (Å²) < 4.78 is 0. The van der Waals surface area contributed by atoms with E-state index in [-0.39, 0.29) is 114 Å². The summed E-state index contributed by atoms with van der Waals surface area (Å²) in [6, 6.07) is -1.05. The zero-order chi connectivity index (χ0) is 60.6. The molecule has 1 aliphatic heterocycles. The van der Waals surface area contributed by atoms with Gasteiger partial charge in [-0.05, 0) is 101 Å². The Kier molecular flexibility index (Phi) is 31.8. The first kappa shape index (κ1) is 69.3. The Morgan fingerprint density at radius 3 is 1.57 bits per heavy atom. The predicted octanol–water partition coefficient (Wildman–Crippen LogP) is -3.96. The third-order valence-corrected chi connectivity index (χ3v) is 13.4. The van der Waals surface area contributed by atoms with Gasteiger partial charge in [-0.1, -0.05) is 64.4 Å². The number of carboxylic acids is 1. The lowest BCUT2D eigenvalue weighted by atomic mass is 9.96. The third-order valence-electron chi connectivity index (χ3n) is 13.4. The highest BCUT2D eigenvalue weighted by atomic mass is 16.4. The molecule has 24 N–H and O–H groups in total. The fourth-order valence-corrected chi connectivity index (χ4v) is 8.88. The van der Waals surface area contributed by atoms with Crippen molar-refractivity contribution in [1.29, 1.82) is 0 Å². The molecule has 454 valence electrons. The number of nitrogens with two attached hydrogens (primary N) is 8. The van der Waals surface area contributed by atoms with Crippen LogP contribution in [0.25, 0.3) is 0 Å². The molecular weight excluding hydrogens is 1050 g/mol. The van der Waals surface area contributed by atoms with Gasteiger partial charge in [-0.15, -0.1) is 0 Å². The molecule has 0 spiro atoms. The molecule has 29 heteroatoms. The van der Waals surface area contributed by atoms with E-state index in [1.165, 1.54) is 4.90 Å². The maximum atomic E-state index is 14.6. The Labute approximate surface area is 473 Å². The summed E-state index contributed by atoms with van der Waals surface area (Å²) in [6.07, 6.45) is 2.63. The SMILES string of the molecule is CCC(C)C(NC(=O)C(CCCN=C(N)N)NC(=O)C(CCCN=C(N)N)NC(=O)C(CC(C)C)NC(=O)C(Cc1ccccc1)NC(=O)CN)C(=O)NC(CCCN=C(N)N)C(=O)N1CCCC1C(=O)NC(CCCCN)C(=O)O. The van der Waals surface area contributed by atoms with Gasteiger partial charge in [0.1, 0.15) is 48.3 Å². The highest BCUT2D eigenvalue weighted by Gasteiger charge is 2.40. The molecule has 1 saturated heterocycles. The molecule has 29 nitrogen and oxygen atoms in total. The van der Waals surface area contributed by atoms with Gasteiger partial charge >= 0.3 is 5.97 Å². The van der Waals surface area contributed by atoms with E-state index in [0.717, 1.165) is 5.56 Å². The number of nitrogens with zero attached hydrogens (tertiary/aromatic N) is 4. The Balaban J connectivity index is 2.54. The third kappa shape index (κ3) is 26.3. The number of hydrogen-bond donors (Lipinski definition) is 16. The van der Waals surface area contributed by atoms with E-state index in [4.69, 9.17) is 45.9 Å². The normalized spacial score (nSPS) is 15.8. The molecule has 2 rings (SSSR count). The maximum Gasteiger partial charge on any atom is 0.326 e. The first-order chi connectivity index (χ1) is 38.4. The summed E-state index contributed by atoms with van der Waals surface area (Å²) in [7, 11) is 0. The molecule has 1 heterocycles. The first-order valence-corrected chi connectivity index (χ1v) is 27.7. The van der Waals surface area contributed by atoms with Crippen molar-refractivity contribution in [3.63, 3.8) is 0 Å². The molecule has 0 aliphatic carbocycles. The van der Waals surface area contributed by atoms with Crippen LogP contribution in [0.15, 0.2) is 45.3 Å². The van der Waals surface area contributed by atoms with E-state index in [1.807, 2.05) is 13.8 Å². The number of carbonyl (C=O) groups excluding carboxylic acids is 8. The minimum atomic E-state index is -1.38. The smallest absolute Gasteiger partial charge is 0.326 e. The number of likely N-dealkylation sites (tertiary alicyclic amines) is 1. The molecule has 9 unspecified atom stereocenters. The number of rotatable bonds is 38. The molecular formula is C52H91N19O10. The molecule has 9 atom stereocenters. The Hall–Kier alpha value is -7.82. The molecule has 1 aliphatic rings. The number of nitrogens with one attached hydrogen (secondary N) is 7. The van der Waals surface area contributed by atoms with Crippen LogP contribution in [-0.4, -0.2) is 169 Å². The van der Waals surface area contributed by atoms with Gasteiger partial charge in [0.25, 0.3) is 0 Å². The fourth-order valence-electron chi connectivity index (χ4n) is 8.88. The Morgan fingerprint density at radius 1 is 0.593 bits per heavy atom. The number of aliphatic carboxylic acids is 1. The molecule has 0 bridgehead atoms. The second-order valence-corrected chi connectivity index (χ2v) is 20.5. The lowest BCUT2D eigenvalue weighted by molar-refractivity contribution is -0.145. The number of amides is 8. The van der Waals surface area contributed by atoms with Crippen LogP contribution in [0.4, 0.5) is 0 Å². The molecule has 1 aromatic carbocycles. The highest BCUT2D eigenvalue weighted by Crippen LogP contribution is 2.21. The van der Waals surface area contributed by atoms with E-state index in [0.29, 0.717) is 32.2 Å². The van der Waals surface area contributed by atoms with Gasteiger partial charge < -0.3 is 93.1 Å². The van der Waals surface area contributed by atoms with Crippen molar-refractivity contribution in [2.75, 3.05) is 39.3 Å². The monoisotopic (exact) mass is 1140 g/mol. The minimum Gasteiger partial charge on any atom is -0.480 e. The molecule has 1 aromatic rings. The number of carboxylic acid groups (broad SMARTS) is 1. The van der Waals surface area contributed by atoms with Crippen LogP contribution in [0.5, 0.6) is 0 Å². The van der Waals surface area contributed by atoms with Crippen LogP contribution in [0.1, 0.15) is 117 Å². The van der Waals surface area contributed by atoms with Crippen molar-refractivity contribution in [3.05, 3.63) is 35.9 Å². The zero-order valence-electron chi connectivity index (χ0n) is 47.3. The van der Waals surface area contributed by atoms with Gasteiger partial charge in [0, 0.05) is 32.6 Å². The van der Waals surface area contributed by atoms with Crippen molar-refractivity contribution in [1.82, 2.24) is 42.1 Å². The van der Waals surface area contributed by atoms with Crippen LogP contribution in [0.3, 0.4) is 0 Å². The van der Waals surface area contributed by atoms with Gasteiger partial charge in [0.05, 0.1) is 6.54 Å². The summed E-state index contributed by atoms with van der Waals surface area (Å²) in [5, 5.41) is 28.8. The number of benzene rings is 1. The van der Waals surface area contributed by atoms with E-state index in [1.54, 1.807) is 44.2 Å². The second kappa shape index (κ2) is 37.2. The van der Waals surface area contributed by atoms with Crippen LogP contribution in [0.2, 0.25) is 0 Å². The van der Waals surface area contributed by atoms with Gasteiger partial charge in [-0.25, -0.2) is 4.79 Å². The van der Waals surface area contributed by atoms with Crippen molar-refractivity contribution < 1.29 is 48.3 Å². The highest BCUT2D eigenvalue weighted by molar-refractivity contribution is 5.98. The lowest BCUT2D eigenvalue weighted by Crippen LogP contribution is -2.61. The molecule has 0 saturated carbocycles. The Morgan fingerprint density at radius 2 is 1.07 bits per heavy atom. The van der Waals surface area contributed by atoms with E-state index >= 15 is 0 Å². The van der Waals surface area contributed by atoms with Gasteiger partial charge in [-0.2, -0.15) is 0 Å². The van der Waals surface area contributed by atoms with E-state index in [2.05, 4.69) is 52.2 Å². The van der Waals surface area contributed by atoms with Crippen molar-refractivity contribution in [2.24, 2.45) is 72.7 Å². The minimum absolute atomic E-state index is 0.00913. The maximum absolute atomic E-state index is 14.6. The standard InChI is InChI=1S/C52H91N19O10/c1-5-31(4)41(47(78)67-35(20-13-25-63-52(59)60)48(79)71-26-14-21-39(71)46(77)68-36(49(80)81)17-9-10-22-53)70-43(74)34(19-12-24-62-51(57)58)65-42(73)33(18-11-23-61-50(55)56)66-44(75)37(27-30(2)3)69-45(76)38(64-40(72)29-54)28-32-15-7-6-8-16-32/h6-8,15-16,30-31,33-39,41H,5,9-14,17-29,53-54H2,1-4H3,(H,64,72)(H,65,73)(H,66,75)(H,67,78)(H,68,77)(H,69,76)(H,70,74)(H,80,81)(H4,55,56,61)(H4,57,58,62)(H4,59,60,63). The van der Waals surface area contributed by atoms with Gasteiger partial charge in [0.2, 0.25) is 47.3 Å². The number of guanidine groups is 3. The molecule has 0 aromatic heterocycles. The van der Waals surface area contributed by atoms with Crippen LogP contribution in [-0.2, 0) is 49.6 Å². The van der Waals surface area contributed by atoms with Crippen LogP contribution >= 0.6 is 0 Å². The van der Waals surface area contributed by atoms with Crippen LogP contribution < -0.4 is 83.1 Å². The molecule has 0 radical (unpaired) electrons.